The molecule has 2 aliphatic rings. The number of piperazine rings is 1. The molecule has 2 aromatic rings. The number of carbonyl (C=O) groups is 1. The lowest BCUT2D eigenvalue weighted by atomic mass is 10.2. The van der Waals surface area contributed by atoms with E-state index in [-0.39, 0.29) is 35.9 Å². The average molecular weight is 552 g/mol. The fourth-order valence-corrected chi connectivity index (χ4v) is 4.29. The van der Waals surface area contributed by atoms with Crippen LogP contribution in [0.15, 0.2) is 45.9 Å². The third-order valence-electron chi connectivity index (χ3n) is 6.16. The number of hydrogen-bond donors (Lipinski definition) is 1. The van der Waals surface area contributed by atoms with Crippen molar-refractivity contribution in [3.05, 3.63) is 42.4 Å². The summed E-state index contributed by atoms with van der Waals surface area (Å²) in [6.45, 7) is 7.69. The van der Waals surface area contributed by atoms with Gasteiger partial charge in [-0.05, 0) is 19.8 Å². The number of aliphatic imine (C=N–C) groups is 1. The Bertz CT molecular complexity index is 889. The molecular formula is C23H33IN6O2. The summed E-state index contributed by atoms with van der Waals surface area (Å²) in [5.41, 5.74) is 1.01. The Kier molecular flexibility index (Phi) is 8.92. The van der Waals surface area contributed by atoms with Gasteiger partial charge in [0.05, 0.1) is 18.8 Å². The van der Waals surface area contributed by atoms with Crippen LogP contribution in [0.2, 0.25) is 0 Å². The highest BCUT2D eigenvalue weighted by Crippen LogP contribution is 2.19. The highest BCUT2D eigenvalue weighted by atomic mass is 127. The first-order valence-corrected chi connectivity index (χ1v) is 11.1. The second-order valence-corrected chi connectivity index (χ2v) is 8.12. The lowest BCUT2D eigenvalue weighted by Crippen LogP contribution is -2.57. The molecule has 2 fully saturated rings. The normalized spacial score (nSPS) is 18.4. The molecule has 0 spiro atoms. The van der Waals surface area contributed by atoms with E-state index in [1.807, 2.05) is 42.2 Å². The van der Waals surface area contributed by atoms with Crippen molar-refractivity contribution in [1.82, 2.24) is 25.0 Å². The summed E-state index contributed by atoms with van der Waals surface area (Å²) in [6.07, 6.45) is 4.02. The number of likely N-dealkylation sites (tertiary alicyclic amines) is 1. The van der Waals surface area contributed by atoms with Crippen molar-refractivity contribution in [2.75, 3.05) is 46.3 Å². The van der Waals surface area contributed by atoms with Gasteiger partial charge in [0.15, 0.2) is 11.7 Å². The molecule has 1 N–H and O–H groups in total. The van der Waals surface area contributed by atoms with E-state index >= 15 is 0 Å². The number of benzene rings is 1. The van der Waals surface area contributed by atoms with Crippen molar-refractivity contribution in [1.29, 1.82) is 0 Å². The molecule has 1 atom stereocenters. The van der Waals surface area contributed by atoms with Crippen LogP contribution in [-0.4, -0.2) is 83.9 Å². The minimum atomic E-state index is -0.0565. The minimum absolute atomic E-state index is 0. The largest absolute Gasteiger partial charge is 0.439 e. The van der Waals surface area contributed by atoms with Gasteiger partial charge in [-0.1, -0.05) is 30.3 Å². The van der Waals surface area contributed by atoms with Gasteiger partial charge in [0.25, 0.3) is 0 Å². The van der Waals surface area contributed by atoms with E-state index in [2.05, 4.69) is 25.1 Å². The van der Waals surface area contributed by atoms with Gasteiger partial charge in [0.2, 0.25) is 11.8 Å². The van der Waals surface area contributed by atoms with Crippen LogP contribution in [0, 0.1) is 0 Å². The van der Waals surface area contributed by atoms with Crippen LogP contribution >= 0.6 is 24.0 Å². The quantitative estimate of drug-likeness (QED) is 0.350. The number of nitrogens with zero attached hydrogens (tertiary/aromatic N) is 5. The van der Waals surface area contributed by atoms with E-state index in [1.165, 1.54) is 0 Å². The smallest absolute Gasteiger partial charge is 0.239 e. The van der Waals surface area contributed by atoms with Crippen LogP contribution in [0.3, 0.4) is 0 Å². The molecule has 1 unspecified atom stereocenters. The standard InChI is InChI=1S/C23H32N6O2.HI/c1-18(22(30)28-10-6-7-11-28)27-12-14-29(15-13-27)23(24-2)26-17-21-25-16-20(31-21)19-8-4-3-5-9-19;/h3-5,8-9,16,18H,6-7,10-15,17H2,1-2H3,(H,24,26);1H. The summed E-state index contributed by atoms with van der Waals surface area (Å²) in [4.78, 5) is 28.0. The molecule has 0 saturated carbocycles. The molecule has 0 radical (unpaired) electrons. The fourth-order valence-electron chi connectivity index (χ4n) is 4.29. The third kappa shape index (κ3) is 5.80. The predicted octanol–water partition coefficient (Wildman–Crippen LogP) is 2.66. The number of rotatable bonds is 5. The summed E-state index contributed by atoms with van der Waals surface area (Å²) in [5, 5.41) is 3.36. The molecule has 3 heterocycles. The maximum atomic E-state index is 12.7. The number of aromatic nitrogens is 1. The summed E-state index contributed by atoms with van der Waals surface area (Å²) >= 11 is 0. The Morgan fingerprint density at radius 3 is 2.44 bits per heavy atom. The first kappa shape index (κ1) is 24.5. The van der Waals surface area contributed by atoms with Gasteiger partial charge in [-0.2, -0.15) is 0 Å². The van der Waals surface area contributed by atoms with Crippen LogP contribution < -0.4 is 5.32 Å². The van der Waals surface area contributed by atoms with Crippen molar-refractivity contribution in [2.24, 2.45) is 4.99 Å². The summed E-state index contributed by atoms with van der Waals surface area (Å²) < 4.78 is 5.88. The molecule has 1 amide bonds. The first-order valence-electron chi connectivity index (χ1n) is 11.1. The van der Waals surface area contributed by atoms with Crippen LogP contribution in [-0.2, 0) is 11.3 Å². The lowest BCUT2D eigenvalue weighted by molar-refractivity contribution is -0.135. The van der Waals surface area contributed by atoms with Gasteiger partial charge >= 0.3 is 0 Å². The monoisotopic (exact) mass is 552 g/mol. The molecule has 174 valence electrons. The molecule has 8 nitrogen and oxygen atoms in total. The van der Waals surface area contributed by atoms with Gasteiger partial charge in [0.1, 0.15) is 0 Å². The molecular weight excluding hydrogens is 519 g/mol. The Morgan fingerprint density at radius 1 is 1.09 bits per heavy atom. The Labute approximate surface area is 207 Å². The molecule has 1 aromatic carbocycles. The number of halogens is 1. The fraction of sp³-hybridized carbons (Fsp3) is 0.522. The summed E-state index contributed by atoms with van der Waals surface area (Å²) in [7, 11) is 1.79. The highest BCUT2D eigenvalue weighted by molar-refractivity contribution is 14.0. The number of hydrogen-bond acceptors (Lipinski definition) is 5. The zero-order chi connectivity index (χ0) is 21.6. The molecule has 0 aliphatic carbocycles. The molecule has 9 heteroatoms. The third-order valence-corrected chi connectivity index (χ3v) is 6.16. The minimum Gasteiger partial charge on any atom is -0.439 e. The van der Waals surface area contributed by atoms with E-state index in [0.29, 0.717) is 12.4 Å². The van der Waals surface area contributed by atoms with E-state index < -0.39 is 0 Å². The number of amides is 1. The van der Waals surface area contributed by atoms with E-state index in [0.717, 1.165) is 69.4 Å². The van der Waals surface area contributed by atoms with Gasteiger partial charge in [-0.3, -0.25) is 14.7 Å². The van der Waals surface area contributed by atoms with Gasteiger partial charge in [0, 0.05) is 51.9 Å². The number of carbonyl (C=O) groups excluding carboxylic acids is 1. The van der Waals surface area contributed by atoms with Crippen molar-refractivity contribution < 1.29 is 9.21 Å². The zero-order valence-electron chi connectivity index (χ0n) is 18.9. The predicted molar refractivity (Wildman–Crippen MR) is 136 cm³/mol. The number of nitrogens with one attached hydrogen (secondary N) is 1. The maximum Gasteiger partial charge on any atom is 0.239 e. The molecule has 32 heavy (non-hydrogen) atoms. The maximum absolute atomic E-state index is 12.7. The van der Waals surface area contributed by atoms with Crippen molar-refractivity contribution in [2.45, 2.75) is 32.4 Å². The molecule has 0 bridgehead atoms. The number of oxazole rings is 1. The van der Waals surface area contributed by atoms with Crippen LogP contribution in [0.1, 0.15) is 25.7 Å². The average Bonchev–Trinajstić information content (AvgIpc) is 3.52. The van der Waals surface area contributed by atoms with Crippen LogP contribution in [0.4, 0.5) is 0 Å². The van der Waals surface area contributed by atoms with E-state index in [1.54, 1.807) is 13.2 Å². The zero-order valence-corrected chi connectivity index (χ0v) is 21.2. The second kappa shape index (κ2) is 11.6. The summed E-state index contributed by atoms with van der Waals surface area (Å²) in [6, 6.07) is 9.90. The van der Waals surface area contributed by atoms with E-state index in [4.69, 9.17) is 4.42 Å². The summed E-state index contributed by atoms with van der Waals surface area (Å²) in [5.74, 6) is 2.49. The van der Waals surface area contributed by atoms with Crippen LogP contribution in [0.5, 0.6) is 0 Å². The van der Waals surface area contributed by atoms with Crippen LogP contribution in [0.25, 0.3) is 11.3 Å². The van der Waals surface area contributed by atoms with Gasteiger partial charge in [-0.25, -0.2) is 4.98 Å². The molecule has 1 aromatic heterocycles. The van der Waals surface area contributed by atoms with Crippen molar-refractivity contribution >= 4 is 35.8 Å². The molecule has 2 aliphatic heterocycles. The SMILES string of the molecule is CN=C(NCc1ncc(-c2ccccc2)o1)N1CCN(C(C)C(=O)N2CCCC2)CC1.I. The van der Waals surface area contributed by atoms with Crippen molar-refractivity contribution in [3.8, 4) is 11.3 Å². The number of guanidine groups is 1. The lowest BCUT2D eigenvalue weighted by Gasteiger charge is -2.39. The topological polar surface area (TPSA) is 77.2 Å². The van der Waals surface area contributed by atoms with Gasteiger partial charge in [-0.15, -0.1) is 24.0 Å². The van der Waals surface area contributed by atoms with Crippen molar-refractivity contribution in [3.63, 3.8) is 0 Å². The highest BCUT2D eigenvalue weighted by Gasteiger charge is 2.30. The first-order chi connectivity index (χ1) is 15.2. The van der Waals surface area contributed by atoms with Gasteiger partial charge < -0.3 is 19.5 Å². The Hall–Kier alpha value is -2.14. The Balaban J connectivity index is 0.00000289. The molecule has 4 rings (SSSR count). The van der Waals surface area contributed by atoms with E-state index in [9.17, 15) is 4.79 Å². The second-order valence-electron chi connectivity index (χ2n) is 8.12. The Morgan fingerprint density at radius 2 is 1.78 bits per heavy atom. The molecule has 2 saturated heterocycles.